The second kappa shape index (κ2) is 13.0. The summed E-state index contributed by atoms with van der Waals surface area (Å²) in [5.74, 6) is 0.907. The quantitative estimate of drug-likeness (QED) is 0.474. The van der Waals surface area contributed by atoms with Crippen LogP contribution in [0.4, 0.5) is 0 Å². The molecule has 0 aromatic heterocycles. The normalized spacial score (nSPS) is 12.9. The molecule has 0 bridgehead atoms. The summed E-state index contributed by atoms with van der Waals surface area (Å²) in [4.78, 5) is 0. The molecule has 0 aromatic rings. The maximum atomic E-state index is 3.29. The number of unbranched alkanes of at least 4 members (excludes halogenated alkanes) is 7. The first-order valence-corrected chi connectivity index (χ1v) is 7.49. The van der Waals surface area contributed by atoms with Gasteiger partial charge < -0.3 is 5.32 Å². The summed E-state index contributed by atoms with van der Waals surface area (Å²) in [5, 5.41) is 3.29. The van der Waals surface area contributed by atoms with Crippen molar-refractivity contribution in [1.29, 1.82) is 0 Å². The fourth-order valence-corrected chi connectivity index (χ4v) is 2.31. The van der Waals surface area contributed by atoms with E-state index in [4.69, 9.17) is 0 Å². The Bertz CT molecular complexity index is 123. The Kier molecular flexibility index (Phi) is 13.0. The second-order valence-corrected chi connectivity index (χ2v) is 5.10. The molecule has 1 N–H and O–H groups in total. The Balaban J connectivity index is 3.12. The summed E-state index contributed by atoms with van der Waals surface area (Å²) in [6, 6.07) is 0. The van der Waals surface area contributed by atoms with Gasteiger partial charge in [0, 0.05) is 0 Å². The SMILES string of the molecule is CCCCCCCCCCC(CC)CNC. The highest BCUT2D eigenvalue weighted by Gasteiger charge is 2.03. The van der Waals surface area contributed by atoms with Gasteiger partial charge in [0.2, 0.25) is 0 Å². The molecule has 0 aliphatic rings. The molecule has 98 valence electrons. The first kappa shape index (κ1) is 16.0. The van der Waals surface area contributed by atoms with E-state index < -0.39 is 0 Å². The highest BCUT2D eigenvalue weighted by Crippen LogP contribution is 2.14. The molecule has 1 unspecified atom stereocenters. The van der Waals surface area contributed by atoms with Crippen LogP contribution in [0.5, 0.6) is 0 Å². The molecular formula is C15H33N. The number of hydrogen-bond acceptors (Lipinski definition) is 1. The molecule has 0 saturated carbocycles. The van der Waals surface area contributed by atoms with Crippen LogP contribution in [0.3, 0.4) is 0 Å². The van der Waals surface area contributed by atoms with Crippen LogP contribution in [0, 0.1) is 5.92 Å². The van der Waals surface area contributed by atoms with E-state index in [1.54, 1.807) is 0 Å². The van der Waals surface area contributed by atoms with E-state index in [1.165, 1.54) is 70.8 Å². The summed E-state index contributed by atoms with van der Waals surface area (Å²) >= 11 is 0. The second-order valence-electron chi connectivity index (χ2n) is 5.10. The lowest BCUT2D eigenvalue weighted by Crippen LogP contribution is -2.18. The number of nitrogens with one attached hydrogen (secondary N) is 1. The first-order chi connectivity index (χ1) is 7.85. The largest absolute Gasteiger partial charge is 0.319 e. The van der Waals surface area contributed by atoms with E-state index in [1.807, 2.05) is 0 Å². The van der Waals surface area contributed by atoms with E-state index in [0.717, 1.165) is 5.92 Å². The molecule has 0 aromatic carbocycles. The molecule has 0 saturated heterocycles. The Labute approximate surface area is 103 Å². The molecule has 0 aliphatic heterocycles. The third kappa shape index (κ3) is 10.5. The minimum Gasteiger partial charge on any atom is -0.319 e. The summed E-state index contributed by atoms with van der Waals surface area (Å²) < 4.78 is 0. The van der Waals surface area contributed by atoms with Gasteiger partial charge in [0.05, 0.1) is 0 Å². The van der Waals surface area contributed by atoms with Crippen LogP contribution in [0.15, 0.2) is 0 Å². The molecule has 0 fully saturated rings. The van der Waals surface area contributed by atoms with Crippen LogP contribution in [-0.4, -0.2) is 13.6 Å². The smallest absolute Gasteiger partial charge is 0.00236 e. The van der Waals surface area contributed by atoms with Crippen LogP contribution in [0.2, 0.25) is 0 Å². The third-order valence-corrected chi connectivity index (χ3v) is 3.54. The van der Waals surface area contributed by atoms with Crippen molar-refractivity contribution in [2.75, 3.05) is 13.6 Å². The summed E-state index contributed by atoms with van der Waals surface area (Å²) in [6.45, 7) is 5.80. The minimum absolute atomic E-state index is 0.907. The highest BCUT2D eigenvalue weighted by molar-refractivity contribution is 4.59. The summed E-state index contributed by atoms with van der Waals surface area (Å²) in [7, 11) is 2.07. The predicted octanol–water partition coefficient (Wildman–Crippen LogP) is 4.76. The van der Waals surface area contributed by atoms with Crippen molar-refractivity contribution in [2.45, 2.75) is 78.1 Å². The predicted molar refractivity (Wildman–Crippen MR) is 74.9 cm³/mol. The van der Waals surface area contributed by atoms with Gasteiger partial charge in [-0.1, -0.05) is 71.6 Å². The molecule has 1 nitrogen and oxygen atoms in total. The monoisotopic (exact) mass is 227 g/mol. The van der Waals surface area contributed by atoms with E-state index in [2.05, 4.69) is 26.2 Å². The summed E-state index contributed by atoms with van der Waals surface area (Å²) in [5.41, 5.74) is 0. The maximum Gasteiger partial charge on any atom is -0.00236 e. The molecule has 1 atom stereocenters. The van der Waals surface area contributed by atoms with Gasteiger partial charge in [0.1, 0.15) is 0 Å². The van der Waals surface area contributed by atoms with Gasteiger partial charge in [0.15, 0.2) is 0 Å². The lowest BCUT2D eigenvalue weighted by molar-refractivity contribution is 0.423. The molecule has 0 heterocycles. The molecule has 0 aliphatic carbocycles. The molecule has 1 heteroatoms. The van der Waals surface area contributed by atoms with Crippen molar-refractivity contribution >= 4 is 0 Å². The fourth-order valence-electron chi connectivity index (χ4n) is 2.31. The molecule has 0 radical (unpaired) electrons. The van der Waals surface area contributed by atoms with E-state index >= 15 is 0 Å². The fraction of sp³-hybridized carbons (Fsp3) is 1.00. The maximum absolute atomic E-state index is 3.29. The summed E-state index contributed by atoms with van der Waals surface area (Å²) in [6.07, 6.45) is 14.3. The molecular weight excluding hydrogens is 194 g/mol. The van der Waals surface area contributed by atoms with Gasteiger partial charge in [-0.3, -0.25) is 0 Å². The Hall–Kier alpha value is -0.0400. The zero-order valence-corrected chi connectivity index (χ0v) is 11.9. The zero-order chi connectivity index (χ0) is 12.1. The van der Waals surface area contributed by atoms with E-state index in [9.17, 15) is 0 Å². The lowest BCUT2D eigenvalue weighted by Gasteiger charge is -2.13. The van der Waals surface area contributed by atoms with Crippen molar-refractivity contribution in [2.24, 2.45) is 5.92 Å². The topological polar surface area (TPSA) is 12.0 Å². The van der Waals surface area contributed by atoms with Crippen LogP contribution in [-0.2, 0) is 0 Å². The molecule has 0 spiro atoms. The third-order valence-electron chi connectivity index (χ3n) is 3.54. The Morgan fingerprint density at radius 1 is 0.812 bits per heavy atom. The van der Waals surface area contributed by atoms with Crippen LogP contribution in [0.25, 0.3) is 0 Å². The zero-order valence-electron chi connectivity index (χ0n) is 11.9. The first-order valence-electron chi connectivity index (χ1n) is 7.49. The van der Waals surface area contributed by atoms with Gasteiger partial charge in [-0.25, -0.2) is 0 Å². The van der Waals surface area contributed by atoms with E-state index in [-0.39, 0.29) is 0 Å². The van der Waals surface area contributed by atoms with E-state index in [0.29, 0.717) is 0 Å². The number of hydrogen-bond donors (Lipinski definition) is 1. The van der Waals surface area contributed by atoms with Gasteiger partial charge in [-0.05, 0) is 25.9 Å². The Morgan fingerprint density at radius 2 is 1.38 bits per heavy atom. The van der Waals surface area contributed by atoms with Crippen molar-refractivity contribution in [3.8, 4) is 0 Å². The standard InChI is InChI=1S/C15H33N/c1-4-6-7-8-9-10-11-12-13-15(5-2)14-16-3/h15-16H,4-14H2,1-3H3. The van der Waals surface area contributed by atoms with Gasteiger partial charge >= 0.3 is 0 Å². The van der Waals surface area contributed by atoms with Crippen LogP contribution >= 0.6 is 0 Å². The average molecular weight is 227 g/mol. The average Bonchev–Trinajstić information content (AvgIpc) is 2.31. The van der Waals surface area contributed by atoms with Gasteiger partial charge in [-0.2, -0.15) is 0 Å². The van der Waals surface area contributed by atoms with Gasteiger partial charge in [-0.15, -0.1) is 0 Å². The molecule has 16 heavy (non-hydrogen) atoms. The van der Waals surface area contributed by atoms with Crippen molar-refractivity contribution in [1.82, 2.24) is 5.32 Å². The van der Waals surface area contributed by atoms with Gasteiger partial charge in [0.25, 0.3) is 0 Å². The van der Waals surface area contributed by atoms with Crippen LogP contribution < -0.4 is 5.32 Å². The molecule has 0 amide bonds. The van der Waals surface area contributed by atoms with Crippen molar-refractivity contribution in [3.63, 3.8) is 0 Å². The Morgan fingerprint density at radius 3 is 1.88 bits per heavy atom. The van der Waals surface area contributed by atoms with Crippen LogP contribution in [0.1, 0.15) is 78.1 Å². The minimum atomic E-state index is 0.907. The van der Waals surface area contributed by atoms with Crippen molar-refractivity contribution in [3.05, 3.63) is 0 Å². The van der Waals surface area contributed by atoms with Crippen molar-refractivity contribution < 1.29 is 0 Å². The highest BCUT2D eigenvalue weighted by atomic mass is 14.8. The molecule has 0 rings (SSSR count). The number of rotatable bonds is 12. The lowest BCUT2D eigenvalue weighted by atomic mass is 9.98.